The number of esters is 1. The Hall–Kier alpha value is -1.91. The van der Waals surface area contributed by atoms with Gasteiger partial charge in [-0.25, -0.2) is 0 Å². The summed E-state index contributed by atoms with van der Waals surface area (Å²) in [6.45, 7) is 0. The topological polar surface area (TPSA) is 79.2 Å². The zero-order valence-electron chi connectivity index (χ0n) is 12.8. The van der Waals surface area contributed by atoms with E-state index in [0.717, 1.165) is 22.2 Å². The van der Waals surface area contributed by atoms with E-state index in [1.807, 2.05) is 30.5 Å². The molecule has 2 rings (SSSR count). The molecular formula is C16H16N2O3S2. The van der Waals surface area contributed by atoms with Gasteiger partial charge in [-0.2, -0.15) is 5.26 Å². The number of thioether (sulfide) groups is 2. The molecule has 120 valence electrons. The third-order valence-electron chi connectivity index (χ3n) is 3.44. The van der Waals surface area contributed by atoms with Crippen molar-refractivity contribution in [2.75, 3.05) is 19.1 Å². The zero-order chi connectivity index (χ0) is 16.8. The van der Waals surface area contributed by atoms with Crippen LogP contribution in [0.5, 0.6) is 0 Å². The third-order valence-corrected chi connectivity index (χ3v) is 5.17. The highest BCUT2D eigenvalue weighted by Gasteiger charge is 2.29. The van der Waals surface area contributed by atoms with E-state index in [0.29, 0.717) is 10.6 Å². The molecule has 1 N–H and O–H groups in total. The Morgan fingerprint density at radius 1 is 1.43 bits per heavy atom. The van der Waals surface area contributed by atoms with Gasteiger partial charge in [0, 0.05) is 17.2 Å². The first-order valence-electron chi connectivity index (χ1n) is 6.86. The molecular weight excluding hydrogens is 332 g/mol. The predicted molar refractivity (Wildman–Crippen MR) is 90.8 cm³/mol. The van der Waals surface area contributed by atoms with Gasteiger partial charge in [0.1, 0.15) is 0 Å². The standard InChI is InChI=1S/C16H16N2O3S2/c1-21-15(20)9-23-16-13(8-17)12(7-14(19)18-16)10-3-5-11(22-2)6-4-10/h3-6,12H,7,9H2,1-2H3,(H,18,19)/t12-/m1/s1. The minimum atomic E-state index is -0.402. The summed E-state index contributed by atoms with van der Waals surface area (Å²) >= 11 is 2.75. The van der Waals surface area contributed by atoms with E-state index < -0.39 is 5.97 Å². The van der Waals surface area contributed by atoms with Crippen LogP contribution >= 0.6 is 23.5 Å². The van der Waals surface area contributed by atoms with Crippen molar-refractivity contribution in [1.82, 2.24) is 5.32 Å². The maximum absolute atomic E-state index is 12.0. The van der Waals surface area contributed by atoms with Crippen molar-refractivity contribution in [1.29, 1.82) is 5.26 Å². The average Bonchev–Trinajstić information content (AvgIpc) is 2.59. The van der Waals surface area contributed by atoms with E-state index in [2.05, 4.69) is 16.1 Å². The van der Waals surface area contributed by atoms with Crippen molar-refractivity contribution in [2.45, 2.75) is 17.2 Å². The molecule has 1 atom stereocenters. The molecule has 1 aromatic carbocycles. The van der Waals surface area contributed by atoms with Crippen LogP contribution in [0.15, 0.2) is 39.8 Å². The Bertz CT molecular complexity index is 678. The van der Waals surface area contributed by atoms with Gasteiger partial charge in [-0.3, -0.25) is 9.59 Å². The van der Waals surface area contributed by atoms with Gasteiger partial charge < -0.3 is 10.1 Å². The van der Waals surface area contributed by atoms with Crippen molar-refractivity contribution < 1.29 is 14.3 Å². The fraction of sp³-hybridized carbons (Fsp3) is 0.312. The summed E-state index contributed by atoms with van der Waals surface area (Å²) in [5.74, 6) is -0.796. The predicted octanol–water partition coefficient (Wildman–Crippen LogP) is 2.65. The van der Waals surface area contributed by atoms with Gasteiger partial charge in [0.05, 0.1) is 29.5 Å². The molecule has 1 aliphatic rings. The number of nitrogens with one attached hydrogen (secondary N) is 1. The third kappa shape index (κ3) is 4.30. The summed E-state index contributed by atoms with van der Waals surface area (Å²) in [5, 5.41) is 12.6. The largest absolute Gasteiger partial charge is 0.468 e. The van der Waals surface area contributed by atoms with Crippen LogP contribution in [0, 0.1) is 11.3 Å². The fourth-order valence-corrected chi connectivity index (χ4v) is 3.56. The first-order valence-corrected chi connectivity index (χ1v) is 9.07. The fourth-order valence-electron chi connectivity index (χ4n) is 2.24. The highest BCUT2D eigenvalue weighted by molar-refractivity contribution is 8.03. The molecule has 1 aromatic rings. The van der Waals surface area contributed by atoms with Crippen LogP contribution < -0.4 is 5.32 Å². The first-order chi connectivity index (χ1) is 11.1. The van der Waals surface area contributed by atoms with E-state index in [1.165, 1.54) is 7.11 Å². The molecule has 7 heteroatoms. The Morgan fingerprint density at radius 2 is 2.13 bits per heavy atom. The maximum Gasteiger partial charge on any atom is 0.316 e. The molecule has 23 heavy (non-hydrogen) atoms. The lowest BCUT2D eigenvalue weighted by atomic mass is 9.87. The lowest BCUT2D eigenvalue weighted by Gasteiger charge is -2.25. The van der Waals surface area contributed by atoms with E-state index >= 15 is 0 Å². The average molecular weight is 348 g/mol. The van der Waals surface area contributed by atoms with Crippen LogP contribution in [0.4, 0.5) is 0 Å². The first kappa shape index (κ1) is 17.4. The van der Waals surface area contributed by atoms with Crippen molar-refractivity contribution >= 4 is 35.4 Å². The number of ether oxygens (including phenoxy) is 1. The molecule has 0 spiro atoms. The molecule has 1 aliphatic heterocycles. The highest BCUT2D eigenvalue weighted by Crippen LogP contribution is 2.36. The lowest BCUT2D eigenvalue weighted by molar-refractivity contribution is -0.137. The van der Waals surface area contributed by atoms with Gasteiger partial charge in [-0.1, -0.05) is 23.9 Å². The van der Waals surface area contributed by atoms with Crippen molar-refractivity contribution in [2.24, 2.45) is 0 Å². The summed E-state index contributed by atoms with van der Waals surface area (Å²) in [6, 6.07) is 10.0. The molecule has 0 bridgehead atoms. The van der Waals surface area contributed by atoms with Crippen molar-refractivity contribution in [3.8, 4) is 6.07 Å². The molecule has 1 heterocycles. The number of carbonyl (C=O) groups excluding carboxylic acids is 2. The molecule has 1 amide bonds. The lowest BCUT2D eigenvalue weighted by Crippen LogP contribution is -2.31. The van der Waals surface area contributed by atoms with Crippen LogP contribution in [-0.2, 0) is 14.3 Å². The van der Waals surface area contributed by atoms with E-state index in [4.69, 9.17) is 0 Å². The summed E-state index contributed by atoms with van der Waals surface area (Å²) in [7, 11) is 1.30. The van der Waals surface area contributed by atoms with Gasteiger partial charge in [0.25, 0.3) is 0 Å². The number of rotatable bonds is 5. The number of nitriles is 1. The Balaban J connectivity index is 2.31. The molecule has 0 unspecified atom stereocenters. The Morgan fingerprint density at radius 3 is 2.70 bits per heavy atom. The zero-order valence-corrected chi connectivity index (χ0v) is 14.4. The van der Waals surface area contributed by atoms with Gasteiger partial charge in [0.2, 0.25) is 5.91 Å². The molecule has 0 radical (unpaired) electrons. The molecule has 0 aliphatic carbocycles. The normalized spacial score (nSPS) is 17.4. The van der Waals surface area contributed by atoms with Gasteiger partial charge in [-0.05, 0) is 24.0 Å². The number of hydrogen-bond acceptors (Lipinski definition) is 6. The molecule has 0 fully saturated rings. The monoisotopic (exact) mass is 348 g/mol. The minimum Gasteiger partial charge on any atom is -0.468 e. The van der Waals surface area contributed by atoms with Crippen LogP contribution in [0.2, 0.25) is 0 Å². The van der Waals surface area contributed by atoms with Gasteiger partial charge in [0.15, 0.2) is 0 Å². The summed E-state index contributed by atoms with van der Waals surface area (Å²) in [6.07, 6.45) is 2.22. The number of hydrogen-bond donors (Lipinski definition) is 1. The summed E-state index contributed by atoms with van der Waals surface area (Å²) in [4.78, 5) is 24.4. The molecule has 0 saturated carbocycles. The van der Waals surface area contributed by atoms with Crippen molar-refractivity contribution in [3.05, 3.63) is 40.4 Å². The van der Waals surface area contributed by atoms with Gasteiger partial charge in [-0.15, -0.1) is 11.8 Å². The maximum atomic E-state index is 12.0. The van der Waals surface area contributed by atoms with Crippen LogP contribution in [0.25, 0.3) is 0 Å². The van der Waals surface area contributed by atoms with E-state index in [-0.39, 0.29) is 24.0 Å². The SMILES string of the molecule is COC(=O)CSC1=C(C#N)[C@@H](c2ccc(SC)cc2)CC(=O)N1. The van der Waals surface area contributed by atoms with Crippen molar-refractivity contribution in [3.63, 3.8) is 0 Å². The van der Waals surface area contributed by atoms with Gasteiger partial charge >= 0.3 is 5.97 Å². The Labute approximate surface area is 143 Å². The smallest absolute Gasteiger partial charge is 0.316 e. The number of nitrogens with zero attached hydrogens (tertiary/aromatic N) is 1. The number of allylic oxidation sites excluding steroid dienone is 1. The van der Waals surface area contributed by atoms with Crippen LogP contribution in [-0.4, -0.2) is 31.0 Å². The second kappa shape index (κ2) is 8.09. The van der Waals surface area contributed by atoms with E-state index in [1.54, 1.807) is 11.8 Å². The molecule has 0 saturated heterocycles. The summed E-state index contributed by atoms with van der Waals surface area (Å²) < 4.78 is 4.59. The number of amides is 1. The number of carbonyl (C=O) groups is 2. The quantitative estimate of drug-likeness (QED) is 0.651. The highest BCUT2D eigenvalue weighted by atomic mass is 32.2. The van der Waals surface area contributed by atoms with Crippen LogP contribution in [0.1, 0.15) is 17.9 Å². The molecule has 0 aromatic heterocycles. The molecule has 5 nitrogen and oxygen atoms in total. The Kier molecular flexibility index (Phi) is 6.13. The minimum absolute atomic E-state index is 0.0510. The number of benzene rings is 1. The second-order valence-corrected chi connectivity index (χ2v) is 6.66. The van der Waals surface area contributed by atoms with E-state index in [9.17, 15) is 14.9 Å². The van der Waals surface area contributed by atoms with Crippen LogP contribution in [0.3, 0.4) is 0 Å². The summed E-state index contributed by atoms with van der Waals surface area (Å²) in [5.41, 5.74) is 1.40. The number of methoxy groups -OCH3 is 1. The second-order valence-electron chi connectivity index (χ2n) is 4.80.